The van der Waals surface area contributed by atoms with Crippen molar-refractivity contribution in [2.24, 2.45) is 0 Å². The summed E-state index contributed by atoms with van der Waals surface area (Å²) in [7, 11) is 0. The van der Waals surface area contributed by atoms with E-state index in [9.17, 15) is 9.59 Å². The highest BCUT2D eigenvalue weighted by Crippen LogP contribution is 1.93. The number of rotatable bonds is 6. The summed E-state index contributed by atoms with van der Waals surface area (Å²) < 4.78 is 6.34. The summed E-state index contributed by atoms with van der Waals surface area (Å²) in [4.78, 5) is 25.1. The van der Waals surface area contributed by atoms with E-state index in [0.29, 0.717) is 13.2 Å². The van der Waals surface area contributed by atoms with Crippen molar-refractivity contribution in [1.82, 2.24) is 9.55 Å². The van der Waals surface area contributed by atoms with Gasteiger partial charge in [-0.2, -0.15) is 0 Å². The minimum Gasteiger partial charge on any atom is -0.380 e. The SMILES string of the molecule is CCCCOCCn1c(=O)cc(Cl)[nH]c1=O. The predicted octanol–water partition coefficient (Wildman–Crippen LogP) is 1.01. The lowest BCUT2D eigenvalue weighted by Gasteiger charge is -2.05. The molecule has 1 N–H and O–H groups in total. The largest absolute Gasteiger partial charge is 0.380 e. The average Bonchev–Trinajstić information content (AvgIpc) is 2.20. The molecule has 0 unspecified atom stereocenters. The van der Waals surface area contributed by atoms with Crippen molar-refractivity contribution in [2.75, 3.05) is 13.2 Å². The highest BCUT2D eigenvalue weighted by atomic mass is 35.5. The van der Waals surface area contributed by atoms with E-state index < -0.39 is 11.2 Å². The van der Waals surface area contributed by atoms with Crippen molar-refractivity contribution >= 4 is 11.6 Å². The Morgan fingerprint density at radius 1 is 1.44 bits per heavy atom. The molecule has 1 aromatic heterocycles. The van der Waals surface area contributed by atoms with Crippen molar-refractivity contribution in [3.8, 4) is 0 Å². The fraction of sp³-hybridized carbons (Fsp3) is 0.600. The molecule has 0 saturated heterocycles. The van der Waals surface area contributed by atoms with Gasteiger partial charge in [-0.3, -0.25) is 14.3 Å². The Kier molecular flexibility index (Phi) is 5.28. The lowest BCUT2D eigenvalue weighted by Crippen LogP contribution is -2.35. The van der Waals surface area contributed by atoms with Gasteiger partial charge in [0.1, 0.15) is 5.15 Å². The summed E-state index contributed by atoms with van der Waals surface area (Å²) >= 11 is 5.52. The topological polar surface area (TPSA) is 64.1 Å². The molecule has 0 radical (unpaired) electrons. The molecule has 0 aliphatic rings. The monoisotopic (exact) mass is 246 g/mol. The van der Waals surface area contributed by atoms with E-state index in [-0.39, 0.29) is 11.7 Å². The number of hydrogen-bond acceptors (Lipinski definition) is 3. The summed E-state index contributed by atoms with van der Waals surface area (Å²) in [6.07, 6.45) is 2.04. The normalized spacial score (nSPS) is 10.6. The first-order chi connectivity index (χ1) is 7.65. The van der Waals surface area contributed by atoms with Crippen LogP contribution in [0.2, 0.25) is 5.15 Å². The van der Waals surface area contributed by atoms with Gasteiger partial charge in [-0.1, -0.05) is 24.9 Å². The van der Waals surface area contributed by atoms with Crippen molar-refractivity contribution in [3.05, 3.63) is 32.1 Å². The first kappa shape index (κ1) is 13.0. The predicted molar refractivity (Wildman–Crippen MR) is 62.1 cm³/mol. The van der Waals surface area contributed by atoms with Gasteiger partial charge in [0.25, 0.3) is 5.56 Å². The number of aromatic nitrogens is 2. The van der Waals surface area contributed by atoms with Crippen LogP contribution in [-0.4, -0.2) is 22.8 Å². The molecule has 0 amide bonds. The lowest BCUT2D eigenvalue weighted by molar-refractivity contribution is 0.122. The minimum absolute atomic E-state index is 0.0538. The number of ether oxygens (including phenoxy) is 1. The zero-order valence-corrected chi connectivity index (χ0v) is 9.92. The fourth-order valence-corrected chi connectivity index (χ4v) is 1.38. The molecule has 0 fully saturated rings. The molecule has 6 heteroatoms. The smallest absolute Gasteiger partial charge is 0.329 e. The molecule has 0 aliphatic heterocycles. The summed E-state index contributed by atoms with van der Waals surface area (Å²) in [5, 5.41) is 0.0538. The van der Waals surface area contributed by atoms with Crippen molar-refractivity contribution in [2.45, 2.75) is 26.3 Å². The molecule has 5 nitrogen and oxygen atoms in total. The van der Waals surface area contributed by atoms with E-state index in [0.717, 1.165) is 17.4 Å². The van der Waals surface area contributed by atoms with Gasteiger partial charge in [0.05, 0.1) is 13.2 Å². The maximum absolute atomic E-state index is 11.4. The third-order valence-electron chi connectivity index (χ3n) is 2.09. The first-order valence-electron chi connectivity index (χ1n) is 5.22. The van der Waals surface area contributed by atoms with Crippen LogP contribution in [0.5, 0.6) is 0 Å². The van der Waals surface area contributed by atoms with Crippen LogP contribution in [0.1, 0.15) is 19.8 Å². The molecule has 1 rings (SSSR count). The van der Waals surface area contributed by atoms with E-state index in [2.05, 4.69) is 11.9 Å². The van der Waals surface area contributed by atoms with Gasteiger partial charge in [-0.25, -0.2) is 4.79 Å². The zero-order valence-electron chi connectivity index (χ0n) is 9.16. The van der Waals surface area contributed by atoms with Crippen molar-refractivity contribution in [3.63, 3.8) is 0 Å². The number of halogens is 1. The Balaban J connectivity index is 2.55. The standard InChI is InChI=1S/C10H15ClN2O3/c1-2-3-5-16-6-4-13-9(14)7-8(11)12-10(13)15/h7H,2-6H2,1H3,(H,12,15). The molecule has 1 heterocycles. The van der Waals surface area contributed by atoms with Crippen LogP contribution in [0.3, 0.4) is 0 Å². The highest BCUT2D eigenvalue weighted by Gasteiger charge is 2.02. The van der Waals surface area contributed by atoms with Gasteiger partial charge < -0.3 is 4.74 Å². The quantitative estimate of drug-likeness (QED) is 0.602. The van der Waals surface area contributed by atoms with Gasteiger partial charge in [0, 0.05) is 12.7 Å². The number of H-pyrrole nitrogens is 1. The Hall–Kier alpha value is -1.07. The summed E-state index contributed by atoms with van der Waals surface area (Å²) in [5.41, 5.74) is -0.913. The molecular weight excluding hydrogens is 232 g/mol. The fourth-order valence-electron chi connectivity index (χ4n) is 1.21. The average molecular weight is 247 g/mol. The molecule has 16 heavy (non-hydrogen) atoms. The molecule has 0 spiro atoms. The molecule has 0 aliphatic carbocycles. The second kappa shape index (κ2) is 6.50. The molecule has 0 saturated carbocycles. The highest BCUT2D eigenvalue weighted by molar-refractivity contribution is 6.29. The Bertz CT molecular complexity index is 407. The Morgan fingerprint density at radius 3 is 2.81 bits per heavy atom. The van der Waals surface area contributed by atoms with Crippen LogP contribution >= 0.6 is 11.6 Å². The van der Waals surface area contributed by atoms with Gasteiger partial charge in [0.15, 0.2) is 0 Å². The van der Waals surface area contributed by atoms with Gasteiger partial charge in [-0.15, -0.1) is 0 Å². The molecular formula is C10H15ClN2O3. The Morgan fingerprint density at radius 2 is 2.19 bits per heavy atom. The third kappa shape index (κ3) is 3.83. The van der Waals surface area contributed by atoms with E-state index in [1.165, 1.54) is 6.07 Å². The zero-order chi connectivity index (χ0) is 12.0. The number of aromatic amines is 1. The molecule has 0 bridgehead atoms. The maximum Gasteiger partial charge on any atom is 0.329 e. The summed E-state index contributed by atoms with van der Waals surface area (Å²) in [6, 6.07) is 1.18. The molecule has 0 atom stereocenters. The molecule has 90 valence electrons. The van der Waals surface area contributed by atoms with Gasteiger partial charge >= 0.3 is 5.69 Å². The number of nitrogens with one attached hydrogen (secondary N) is 1. The second-order valence-corrected chi connectivity index (χ2v) is 3.79. The van der Waals surface area contributed by atoms with Gasteiger partial charge in [-0.05, 0) is 6.42 Å². The van der Waals surface area contributed by atoms with Crippen LogP contribution in [0.25, 0.3) is 0 Å². The van der Waals surface area contributed by atoms with E-state index in [1.54, 1.807) is 0 Å². The summed E-state index contributed by atoms with van der Waals surface area (Å²) in [6.45, 7) is 3.31. The van der Waals surface area contributed by atoms with Crippen molar-refractivity contribution < 1.29 is 4.74 Å². The number of hydrogen-bond donors (Lipinski definition) is 1. The lowest BCUT2D eigenvalue weighted by atomic mass is 10.4. The van der Waals surface area contributed by atoms with Crippen LogP contribution < -0.4 is 11.2 Å². The Labute approximate surface area is 98.0 Å². The third-order valence-corrected chi connectivity index (χ3v) is 2.29. The van der Waals surface area contributed by atoms with Crippen LogP contribution in [-0.2, 0) is 11.3 Å². The minimum atomic E-state index is -0.503. The maximum atomic E-state index is 11.4. The number of unbranched alkanes of at least 4 members (excludes halogenated alkanes) is 1. The second-order valence-electron chi connectivity index (χ2n) is 3.38. The summed E-state index contributed by atoms with van der Waals surface area (Å²) in [5.74, 6) is 0. The first-order valence-corrected chi connectivity index (χ1v) is 5.60. The molecule has 1 aromatic rings. The van der Waals surface area contributed by atoms with Crippen LogP contribution in [0.15, 0.2) is 15.7 Å². The van der Waals surface area contributed by atoms with Gasteiger partial charge in [0.2, 0.25) is 0 Å². The van der Waals surface area contributed by atoms with Crippen LogP contribution in [0.4, 0.5) is 0 Å². The number of nitrogens with zero attached hydrogens (tertiary/aromatic N) is 1. The van der Waals surface area contributed by atoms with E-state index >= 15 is 0 Å². The molecule has 0 aromatic carbocycles. The van der Waals surface area contributed by atoms with Crippen LogP contribution in [0, 0.1) is 0 Å². The van der Waals surface area contributed by atoms with E-state index in [4.69, 9.17) is 16.3 Å². The van der Waals surface area contributed by atoms with Crippen molar-refractivity contribution in [1.29, 1.82) is 0 Å². The van der Waals surface area contributed by atoms with E-state index in [1.807, 2.05) is 0 Å².